The number of nitrogens with zero attached hydrogens (tertiary/aromatic N) is 1. The molecule has 1 aliphatic rings. The van der Waals surface area contributed by atoms with Crippen molar-refractivity contribution < 1.29 is 0 Å². The summed E-state index contributed by atoms with van der Waals surface area (Å²) in [5.41, 5.74) is 5.58. The molecule has 1 unspecified atom stereocenters. The molecule has 1 fully saturated rings. The molecule has 1 rings (SSSR count). The van der Waals surface area contributed by atoms with Gasteiger partial charge in [0.2, 0.25) is 0 Å². The van der Waals surface area contributed by atoms with Crippen molar-refractivity contribution >= 4 is 0 Å². The second-order valence-electron chi connectivity index (χ2n) is 3.22. The Bertz CT molecular complexity index is 132. The first kappa shape index (κ1) is 8.75. The molecule has 0 aromatic rings. The van der Waals surface area contributed by atoms with Gasteiger partial charge in [-0.25, -0.2) is 0 Å². The van der Waals surface area contributed by atoms with Gasteiger partial charge in [0.1, 0.15) is 0 Å². The molecule has 0 saturated carbocycles. The van der Waals surface area contributed by atoms with Crippen molar-refractivity contribution in [3.05, 3.63) is 12.2 Å². The van der Waals surface area contributed by atoms with Crippen LogP contribution >= 0.6 is 0 Å². The van der Waals surface area contributed by atoms with Crippen LogP contribution in [-0.4, -0.2) is 31.1 Å². The largest absolute Gasteiger partial charge is 0.330 e. The van der Waals surface area contributed by atoms with Gasteiger partial charge < -0.3 is 5.73 Å². The zero-order valence-corrected chi connectivity index (χ0v) is 7.29. The van der Waals surface area contributed by atoms with Crippen molar-refractivity contribution in [1.29, 1.82) is 0 Å². The highest BCUT2D eigenvalue weighted by Gasteiger charge is 2.19. The van der Waals surface area contributed by atoms with Crippen LogP contribution in [0.4, 0.5) is 0 Å². The lowest BCUT2D eigenvalue weighted by atomic mass is 10.1. The van der Waals surface area contributed by atoms with Crippen molar-refractivity contribution in [2.75, 3.05) is 26.2 Å². The molecular weight excluding hydrogens is 136 g/mol. The van der Waals surface area contributed by atoms with E-state index in [2.05, 4.69) is 24.0 Å². The highest BCUT2D eigenvalue weighted by atomic mass is 15.1. The lowest BCUT2D eigenvalue weighted by Crippen LogP contribution is -2.23. The average molecular weight is 154 g/mol. The maximum atomic E-state index is 5.58. The van der Waals surface area contributed by atoms with Gasteiger partial charge in [0.15, 0.2) is 0 Å². The molecule has 0 aliphatic carbocycles. The van der Waals surface area contributed by atoms with Gasteiger partial charge in [-0.1, -0.05) is 12.2 Å². The summed E-state index contributed by atoms with van der Waals surface area (Å²) in [5, 5.41) is 0. The monoisotopic (exact) mass is 154 g/mol. The minimum Gasteiger partial charge on any atom is -0.330 e. The summed E-state index contributed by atoms with van der Waals surface area (Å²) in [4.78, 5) is 2.46. The van der Waals surface area contributed by atoms with E-state index in [1.807, 2.05) is 0 Å². The van der Waals surface area contributed by atoms with Crippen LogP contribution in [0.25, 0.3) is 0 Å². The van der Waals surface area contributed by atoms with E-state index in [0.717, 1.165) is 19.0 Å². The van der Waals surface area contributed by atoms with E-state index in [1.165, 1.54) is 19.5 Å². The maximum absolute atomic E-state index is 5.58. The van der Waals surface area contributed by atoms with Crippen molar-refractivity contribution in [3.8, 4) is 0 Å². The lowest BCUT2D eigenvalue weighted by Gasteiger charge is -2.11. The first-order valence-corrected chi connectivity index (χ1v) is 4.40. The Morgan fingerprint density at radius 3 is 3.00 bits per heavy atom. The first-order valence-electron chi connectivity index (χ1n) is 4.40. The molecule has 64 valence electrons. The summed E-state index contributed by atoms with van der Waals surface area (Å²) >= 11 is 0. The summed E-state index contributed by atoms with van der Waals surface area (Å²) in [7, 11) is 0. The maximum Gasteiger partial charge on any atom is 0.0163 e. The first-order chi connectivity index (χ1) is 5.36. The highest BCUT2D eigenvalue weighted by molar-refractivity contribution is 4.85. The van der Waals surface area contributed by atoms with Gasteiger partial charge in [-0.15, -0.1) is 0 Å². The van der Waals surface area contributed by atoms with Crippen LogP contribution in [-0.2, 0) is 0 Å². The smallest absolute Gasteiger partial charge is 0.0163 e. The molecule has 1 aliphatic heterocycles. The lowest BCUT2D eigenvalue weighted by molar-refractivity contribution is 0.360. The van der Waals surface area contributed by atoms with Crippen molar-refractivity contribution in [2.45, 2.75) is 13.3 Å². The van der Waals surface area contributed by atoms with E-state index in [-0.39, 0.29) is 0 Å². The van der Waals surface area contributed by atoms with Gasteiger partial charge >= 0.3 is 0 Å². The Kier molecular flexibility index (Phi) is 3.60. The van der Waals surface area contributed by atoms with E-state index >= 15 is 0 Å². The number of rotatable bonds is 3. The molecule has 2 heteroatoms. The van der Waals surface area contributed by atoms with Crippen LogP contribution in [0.15, 0.2) is 12.2 Å². The van der Waals surface area contributed by atoms with Gasteiger partial charge in [-0.2, -0.15) is 0 Å². The fourth-order valence-corrected chi connectivity index (χ4v) is 1.53. The molecule has 0 radical (unpaired) electrons. The van der Waals surface area contributed by atoms with E-state index in [9.17, 15) is 0 Å². The normalized spacial score (nSPS) is 26.9. The quantitative estimate of drug-likeness (QED) is 0.610. The number of allylic oxidation sites excluding steroid dienone is 1. The molecule has 0 amide bonds. The van der Waals surface area contributed by atoms with E-state index in [0.29, 0.717) is 0 Å². The van der Waals surface area contributed by atoms with Gasteiger partial charge in [-0.05, 0) is 32.4 Å². The summed E-state index contributed by atoms with van der Waals surface area (Å²) in [5.74, 6) is 0.750. The summed E-state index contributed by atoms with van der Waals surface area (Å²) in [6, 6.07) is 0. The van der Waals surface area contributed by atoms with Crippen molar-refractivity contribution in [1.82, 2.24) is 4.90 Å². The number of likely N-dealkylation sites (tertiary alicyclic amines) is 1. The van der Waals surface area contributed by atoms with Crippen LogP contribution in [0.3, 0.4) is 0 Å². The second kappa shape index (κ2) is 4.52. The zero-order chi connectivity index (χ0) is 8.10. The van der Waals surface area contributed by atoms with Crippen LogP contribution < -0.4 is 5.73 Å². The molecule has 0 aromatic heterocycles. The van der Waals surface area contributed by atoms with Gasteiger partial charge in [0.25, 0.3) is 0 Å². The van der Waals surface area contributed by atoms with Crippen LogP contribution in [0, 0.1) is 5.92 Å². The molecule has 2 N–H and O–H groups in total. The van der Waals surface area contributed by atoms with Crippen LogP contribution in [0.2, 0.25) is 0 Å². The van der Waals surface area contributed by atoms with Crippen LogP contribution in [0.1, 0.15) is 13.3 Å². The average Bonchev–Trinajstić information content (AvgIpc) is 2.48. The van der Waals surface area contributed by atoms with Crippen molar-refractivity contribution in [2.24, 2.45) is 11.7 Å². The van der Waals surface area contributed by atoms with Crippen molar-refractivity contribution in [3.63, 3.8) is 0 Å². The third-order valence-electron chi connectivity index (χ3n) is 2.30. The zero-order valence-electron chi connectivity index (χ0n) is 7.29. The fourth-order valence-electron chi connectivity index (χ4n) is 1.53. The third kappa shape index (κ3) is 2.64. The minimum absolute atomic E-state index is 0.750. The number of hydrogen-bond donors (Lipinski definition) is 1. The van der Waals surface area contributed by atoms with E-state index in [4.69, 9.17) is 5.73 Å². The molecule has 0 spiro atoms. The molecule has 0 aromatic carbocycles. The standard InChI is InChI=1S/C9H18N2/c1-2-3-5-11-6-4-9(7-10)8-11/h2-3,9H,4-8,10H2,1H3. The molecule has 0 bridgehead atoms. The minimum atomic E-state index is 0.750. The van der Waals surface area contributed by atoms with Gasteiger partial charge in [0, 0.05) is 13.1 Å². The van der Waals surface area contributed by atoms with E-state index in [1.54, 1.807) is 0 Å². The van der Waals surface area contributed by atoms with E-state index < -0.39 is 0 Å². The fraction of sp³-hybridized carbons (Fsp3) is 0.778. The molecule has 1 heterocycles. The van der Waals surface area contributed by atoms with Gasteiger partial charge in [0.05, 0.1) is 0 Å². The summed E-state index contributed by atoms with van der Waals surface area (Å²) in [6.07, 6.45) is 5.60. The predicted octanol–water partition coefficient (Wildman–Crippen LogP) is 0.843. The molecule has 2 nitrogen and oxygen atoms in total. The number of hydrogen-bond acceptors (Lipinski definition) is 2. The molecule has 1 saturated heterocycles. The Morgan fingerprint density at radius 2 is 2.45 bits per heavy atom. The summed E-state index contributed by atoms with van der Waals surface area (Å²) in [6.45, 7) is 6.45. The van der Waals surface area contributed by atoms with Gasteiger partial charge in [-0.3, -0.25) is 4.90 Å². The molecule has 11 heavy (non-hydrogen) atoms. The Morgan fingerprint density at radius 1 is 1.64 bits per heavy atom. The molecule has 1 atom stereocenters. The SMILES string of the molecule is CC=CCN1CCC(CN)C1. The Labute approximate surface area is 69.1 Å². The second-order valence-corrected chi connectivity index (χ2v) is 3.22. The topological polar surface area (TPSA) is 29.3 Å². The summed E-state index contributed by atoms with van der Waals surface area (Å²) < 4.78 is 0. The number of nitrogens with two attached hydrogens (primary N) is 1. The Balaban J connectivity index is 2.19. The van der Waals surface area contributed by atoms with Crippen LogP contribution in [0.5, 0.6) is 0 Å². The molecular formula is C9H18N2. The third-order valence-corrected chi connectivity index (χ3v) is 2.30. The highest BCUT2D eigenvalue weighted by Crippen LogP contribution is 2.13. The Hall–Kier alpha value is -0.340. The predicted molar refractivity (Wildman–Crippen MR) is 48.4 cm³/mol.